The van der Waals surface area contributed by atoms with E-state index in [2.05, 4.69) is 15.0 Å². The second-order valence-corrected chi connectivity index (χ2v) is 10.5. The van der Waals surface area contributed by atoms with E-state index in [4.69, 9.17) is 10.1 Å². The Labute approximate surface area is 213 Å². The molecule has 2 aromatic heterocycles. The van der Waals surface area contributed by atoms with Gasteiger partial charge in [0.1, 0.15) is 12.4 Å². The van der Waals surface area contributed by atoms with Crippen molar-refractivity contribution >= 4 is 23.4 Å². The smallest absolute Gasteiger partial charge is 0.406 e. The van der Waals surface area contributed by atoms with Crippen LogP contribution in [0.15, 0.2) is 24.5 Å². The van der Waals surface area contributed by atoms with Gasteiger partial charge in [-0.05, 0) is 51.7 Å². The molecule has 1 N–H and O–H groups in total. The number of ether oxygens (including phenoxy) is 1. The maximum Gasteiger partial charge on any atom is 0.406 e. The fraction of sp³-hybridized carbons (Fsp3) is 0.577. The number of amidine groups is 1. The van der Waals surface area contributed by atoms with Crippen LogP contribution in [0.5, 0.6) is 0 Å². The third kappa shape index (κ3) is 5.00. The number of amides is 1. The molecular formula is C26H31F3N6O2. The standard InChI is InChI=1S/C26H31F3N6O2/c1-16(2)34(15-26(27,28)29)24(30)37-14-21-32-13-19-22(33-21)35(23(36)25(19)10-11-25)18-8-9-20(31-12-18)17-6-4-3-5-7-17/h8-9,12-13,16-17,30H,3-7,10-11,14-15H2,1-2H3. The molecule has 2 saturated carbocycles. The molecule has 0 atom stereocenters. The average Bonchev–Trinajstić information content (AvgIpc) is 3.64. The molecule has 0 radical (unpaired) electrons. The maximum atomic E-state index is 13.5. The van der Waals surface area contributed by atoms with Gasteiger partial charge >= 0.3 is 6.18 Å². The number of fused-ring (bicyclic) bond motifs is 2. The lowest BCUT2D eigenvalue weighted by Gasteiger charge is -2.28. The molecule has 0 saturated heterocycles. The Morgan fingerprint density at radius 2 is 1.92 bits per heavy atom. The lowest BCUT2D eigenvalue weighted by atomic mass is 9.87. The summed E-state index contributed by atoms with van der Waals surface area (Å²) in [4.78, 5) is 29.4. The van der Waals surface area contributed by atoms with Gasteiger partial charge in [0.2, 0.25) is 5.91 Å². The van der Waals surface area contributed by atoms with E-state index in [0.29, 0.717) is 30.3 Å². The Balaban J connectivity index is 1.35. The molecule has 2 aliphatic carbocycles. The molecule has 8 nitrogen and oxygen atoms in total. The number of hydrogen-bond donors (Lipinski definition) is 1. The third-order valence-electron chi connectivity index (χ3n) is 7.53. The Kier molecular flexibility index (Phi) is 6.57. The van der Waals surface area contributed by atoms with Gasteiger partial charge in [0, 0.05) is 29.4 Å². The van der Waals surface area contributed by atoms with Crippen LogP contribution in [0.1, 0.15) is 81.8 Å². The van der Waals surface area contributed by atoms with Gasteiger partial charge in [0.05, 0.1) is 17.3 Å². The third-order valence-corrected chi connectivity index (χ3v) is 7.53. The Morgan fingerprint density at radius 1 is 1.19 bits per heavy atom. The second kappa shape index (κ2) is 9.57. The van der Waals surface area contributed by atoms with Crippen LogP contribution >= 0.6 is 0 Å². The Hall–Kier alpha value is -3.24. The first kappa shape index (κ1) is 25.4. The average molecular weight is 517 g/mol. The van der Waals surface area contributed by atoms with Crippen LogP contribution in [-0.4, -0.2) is 50.5 Å². The summed E-state index contributed by atoms with van der Waals surface area (Å²) in [5.41, 5.74) is 1.79. The predicted octanol–water partition coefficient (Wildman–Crippen LogP) is 5.35. The van der Waals surface area contributed by atoms with Gasteiger partial charge in [-0.1, -0.05) is 19.3 Å². The van der Waals surface area contributed by atoms with Gasteiger partial charge in [-0.25, -0.2) is 9.97 Å². The van der Waals surface area contributed by atoms with E-state index in [1.807, 2.05) is 12.1 Å². The normalized spacial score (nSPS) is 18.9. The van der Waals surface area contributed by atoms with E-state index in [9.17, 15) is 18.0 Å². The molecule has 1 aliphatic heterocycles. The maximum absolute atomic E-state index is 13.5. The molecule has 3 aliphatic rings. The van der Waals surface area contributed by atoms with Crippen molar-refractivity contribution in [3.05, 3.63) is 41.6 Å². The Morgan fingerprint density at radius 3 is 2.51 bits per heavy atom. The molecule has 1 amide bonds. The number of rotatable bonds is 6. The summed E-state index contributed by atoms with van der Waals surface area (Å²) >= 11 is 0. The van der Waals surface area contributed by atoms with E-state index in [0.717, 1.165) is 29.0 Å². The molecule has 11 heteroatoms. The molecule has 2 aromatic rings. The van der Waals surface area contributed by atoms with E-state index in [1.54, 1.807) is 31.1 Å². The zero-order valence-corrected chi connectivity index (χ0v) is 21.0. The number of anilines is 2. The highest BCUT2D eigenvalue weighted by atomic mass is 19.4. The summed E-state index contributed by atoms with van der Waals surface area (Å²) in [5.74, 6) is 1.02. The van der Waals surface area contributed by atoms with E-state index in [1.165, 1.54) is 19.3 Å². The molecular weight excluding hydrogens is 485 g/mol. The molecule has 198 valence electrons. The molecule has 0 bridgehead atoms. The highest BCUT2D eigenvalue weighted by Crippen LogP contribution is 2.58. The zero-order chi connectivity index (χ0) is 26.4. The van der Waals surface area contributed by atoms with Gasteiger partial charge in [0.25, 0.3) is 6.02 Å². The number of carbonyl (C=O) groups excluding carboxylic acids is 1. The minimum Gasteiger partial charge on any atom is -0.457 e. The number of nitrogens with zero attached hydrogens (tertiary/aromatic N) is 5. The number of halogens is 3. The minimum absolute atomic E-state index is 0.0639. The van der Waals surface area contributed by atoms with Crippen LogP contribution < -0.4 is 4.90 Å². The second-order valence-electron chi connectivity index (χ2n) is 10.5. The Bertz CT molecular complexity index is 1170. The van der Waals surface area contributed by atoms with E-state index >= 15 is 0 Å². The van der Waals surface area contributed by atoms with Crippen molar-refractivity contribution in [2.45, 2.75) is 89.0 Å². The monoisotopic (exact) mass is 516 g/mol. The molecule has 3 heterocycles. The lowest BCUT2D eigenvalue weighted by molar-refractivity contribution is -0.142. The van der Waals surface area contributed by atoms with Crippen LogP contribution in [0.4, 0.5) is 24.7 Å². The number of carbonyl (C=O) groups is 1. The molecule has 2 fully saturated rings. The number of aromatic nitrogens is 3. The van der Waals surface area contributed by atoms with Crippen molar-refractivity contribution in [3.63, 3.8) is 0 Å². The first-order valence-electron chi connectivity index (χ1n) is 12.8. The summed E-state index contributed by atoms with van der Waals surface area (Å²) in [6.45, 7) is 1.54. The van der Waals surface area contributed by atoms with Gasteiger partial charge in [0.15, 0.2) is 12.4 Å². The van der Waals surface area contributed by atoms with Gasteiger partial charge in [-0.2, -0.15) is 13.2 Å². The van der Waals surface area contributed by atoms with Crippen LogP contribution in [0, 0.1) is 5.41 Å². The van der Waals surface area contributed by atoms with Crippen molar-refractivity contribution in [2.75, 3.05) is 11.4 Å². The predicted molar refractivity (Wildman–Crippen MR) is 131 cm³/mol. The minimum atomic E-state index is -4.47. The number of nitrogens with one attached hydrogen (secondary N) is 1. The quantitative estimate of drug-likeness (QED) is 0.411. The number of alkyl halides is 3. The molecule has 0 unspecified atom stereocenters. The van der Waals surface area contributed by atoms with E-state index < -0.39 is 30.2 Å². The summed E-state index contributed by atoms with van der Waals surface area (Å²) in [7, 11) is 0. The van der Waals surface area contributed by atoms with Crippen molar-refractivity contribution in [3.8, 4) is 0 Å². The van der Waals surface area contributed by atoms with Gasteiger partial charge in [-0.3, -0.25) is 20.1 Å². The topological polar surface area (TPSA) is 95.3 Å². The van der Waals surface area contributed by atoms with Gasteiger partial charge < -0.3 is 9.64 Å². The lowest BCUT2D eigenvalue weighted by Crippen LogP contribution is -2.43. The van der Waals surface area contributed by atoms with Crippen molar-refractivity contribution in [2.24, 2.45) is 0 Å². The van der Waals surface area contributed by atoms with E-state index in [-0.39, 0.29) is 18.3 Å². The van der Waals surface area contributed by atoms with Crippen LogP contribution in [0.3, 0.4) is 0 Å². The summed E-state index contributed by atoms with van der Waals surface area (Å²) < 4.78 is 44.1. The van der Waals surface area contributed by atoms with Crippen LogP contribution in [-0.2, 0) is 21.6 Å². The van der Waals surface area contributed by atoms with Gasteiger partial charge in [-0.15, -0.1) is 0 Å². The zero-order valence-electron chi connectivity index (χ0n) is 21.0. The first-order valence-corrected chi connectivity index (χ1v) is 12.8. The summed E-state index contributed by atoms with van der Waals surface area (Å²) in [6, 6.07) is 2.71. The summed E-state index contributed by atoms with van der Waals surface area (Å²) in [5, 5.41) is 8.02. The summed E-state index contributed by atoms with van der Waals surface area (Å²) in [6.07, 6.45) is 6.23. The molecule has 37 heavy (non-hydrogen) atoms. The number of pyridine rings is 1. The first-order chi connectivity index (χ1) is 17.6. The highest BCUT2D eigenvalue weighted by molar-refractivity contribution is 6.13. The van der Waals surface area contributed by atoms with Crippen molar-refractivity contribution in [1.82, 2.24) is 19.9 Å². The fourth-order valence-corrected chi connectivity index (χ4v) is 5.33. The largest absolute Gasteiger partial charge is 0.457 e. The van der Waals surface area contributed by atoms with Crippen LogP contribution in [0.2, 0.25) is 0 Å². The SMILES string of the molecule is CC(C)N(CC(F)(F)F)C(=N)OCc1ncc2c(n1)N(c1ccc(C3CCCCC3)nc1)C(=O)C21CC1. The fourth-order valence-electron chi connectivity index (χ4n) is 5.33. The molecule has 1 spiro atoms. The molecule has 5 rings (SSSR count). The van der Waals surface area contributed by atoms with Crippen molar-refractivity contribution < 1.29 is 22.7 Å². The number of hydrogen-bond acceptors (Lipinski definition) is 6. The highest BCUT2D eigenvalue weighted by Gasteiger charge is 2.60. The molecule has 0 aromatic carbocycles. The van der Waals surface area contributed by atoms with Crippen LogP contribution in [0.25, 0.3) is 0 Å². The van der Waals surface area contributed by atoms with Crippen molar-refractivity contribution in [1.29, 1.82) is 5.41 Å².